The molecule has 1 N–H and O–H groups in total. The third kappa shape index (κ3) is 3.32. The van der Waals surface area contributed by atoms with Crippen LogP contribution in [0.1, 0.15) is 25.7 Å². The number of aliphatic hydroxyl groups is 1. The van der Waals surface area contributed by atoms with E-state index in [1.165, 1.54) is 30.0 Å². The van der Waals surface area contributed by atoms with Gasteiger partial charge in [-0.05, 0) is 43.9 Å². The van der Waals surface area contributed by atoms with Gasteiger partial charge in [0, 0.05) is 11.6 Å². The summed E-state index contributed by atoms with van der Waals surface area (Å²) in [5, 5.41) is 14.0. The van der Waals surface area contributed by atoms with Gasteiger partial charge in [-0.25, -0.2) is 13.9 Å². The molecule has 0 unspecified atom stereocenters. The van der Waals surface area contributed by atoms with Crippen molar-refractivity contribution in [3.63, 3.8) is 0 Å². The minimum Gasteiger partial charge on any atom is -0.494 e. The molecule has 142 valence electrons. The van der Waals surface area contributed by atoms with Crippen LogP contribution in [0.2, 0.25) is 0 Å². The second kappa shape index (κ2) is 7.11. The molecule has 0 radical (unpaired) electrons. The molecule has 3 aromatic rings. The summed E-state index contributed by atoms with van der Waals surface area (Å²) in [6.45, 7) is 0. The molecule has 1 aliphatic carbocycles. The first-order valence-corrected chi connectivity index (χ1v) is 8.78. The summed E-state index contributed by atoms with van der Waals surface area (Å²) in [4.78, 5) is 4.20. The van der Waals surface area contributed by atoms with Crippen molar-refractivity contribution in [3.8, 4) is 22.9 Å². The maximum atomic E-state index is 14.5. The van der Waals surface area contributed by atoms with E-state index in [0.717, 1.165) is 12.8 Å². The molecule has 0 atom stereocenters. The monoisotopic (exact) mass is 375 g/mol. The van der Waals surface area contributed by atoms with Crippen LogP contribution in [0.3, 0.4) is 0 Å². The van der Waals surface area contributed by atoms with E-state index in [2.05, 4.69) is 10.1 Å². The largest absolute Gasteiger partial charge is 0.494 e. The van der Waals surface area contributed by atoms with Gasteiger partial charge in [0.1, 0.15) is 6.10 Å². The number of ether oxygens (including phenoxy) is 2. The molecule has 2 aromatic heterocycles. The lowest BCUT2D eigenvalue weighted by molar-refractivity contribution is 0.0637. The molecule has 1 saturated carbocycles. The number of hydrogen-bond donors (Lipinski definition) is 1. The number of rotatable bonds is 4. The van der Waals surface area contributed by atoms with Crippen LogP contribution < -0.4 is 9.47 Å². The molecular formula is C19H19F2N3O3. The Labute approximate surface area is 154 Å². The molecule has 0 bridgehead atoms. The van der Waals surface area contributed by atoms with Gasteiger partial charge in [0.15, 0.2) is 17.2 Å². The van der Waals surface area contributed by atoms with Crippen molar-refractivity contribution in [2.45, 2.75) is 37.9 Å². The minimum absolute atomic E-state index is 0.0273. The fourth-order valence-electron chi connectivity index (χ4n) is 3.32. The average Bonchev–Trinajstić information content (AvgIpc) is 3.09. The van der Waals surface area contributed by atoms with Crippen LogP contribution in [-0.2, 0) is 0 Å². The Balaban J connectivity index is 1.68. The highest BCUT2D eigenvalue weighted by atomic mass is 19.2. The summed E-state index contributed by atoms with van der Waals surface area (Å²) in [6.07, 6.45) is 4.02. The van der Waals surface area contributed by atoms with Crippen LogP contribution >= 0.6 is 0 Å². The molecule has 4 rings (SSSR count). The lowest BCUT2D eigenvalue weighted by Crippen LogP contribution is -2.26. The van der Waals surface area contributed by atoms with Gasteiger partial charge in [-0.15, -0.1) is 5.10 Å². The van der Waals surface area contributed by atoms with Crippen LogP contribution in [-0.4, -0.2) is 39.0 Å². The Bertz CT molecular complexity index is 968. The number of nitrogens with zero attached hydrogens (tertiary/aromatic N) is 3. The summed E-state index contributed by atoms with van der Waals surface area (Å²) in [6, 6.07) is 6.20. The first-order chi connectivity index (χ1) is 13.1. The third-order valence-electron chi connectivity index (χ3n) is 4.81. The van der Waals surface area contributed by atoms with Gasteiger partial charge in [-0.2, -0.15) is 4.39 Å². The van der Waals surface area contributed by atoms with Crippen molar-refractivity contribution in [3.05, 3.63) is 42.1 Å². The predicted molar refractivity (Wildman–Crippen MR) is 93.8 cm³/mol. The van der Waals surface area contributed by atoms with Crippen molar-refractivity contribution in [1.29, 1.82) is 0 Å². The maximum Gasteiger partial charge on any atom is 0.232 e. The first-order valence-electron chi connectivity index (χ1n) is 8.78. The van der Waals surface area contributed by atoms with E-state index in [1.54, 1.807) is 12.1 Å². The number of benzene rings is 1. The van der Waals surface area contributed by atoms with E-state index in [0.29, 0.717) is 30.1 Å². The van der Waals surface area contributed by atoms with Gasteiger partial charge >= 0.3 is 0 Å². The second-order valence-corrected chi connectivity index (χ2v) is 6.58. The van der Waals surface area contributed by atoms with Gasteiger partial charge in [0.25, 0.3) is 0 Å². The lowest BCUT2D eigenvalue weighted by atomic mass is 9.95. The van der Waals surface area contributed by atoms with Crippen molar-refractivity contribution in [2.24, 2.45) is 0 Å². The second-order valence-electron chi connectivity index (χ2n) is 6.58. The molecule has 1 aromatic carbocycles. The summed E-state index contributed by atoms with van der Waals surface area (Å²) < 4.78 is 40.7. The molecule has 0 saturated heterocycles. The van der Waals surface area contributed by atoms with Gasteiger partial charge in [0.05, 0.1) is 25.1 Å². The minimum atomic E-state index is -1.06. The number of aromatic nitrogens is 3. The molecule has 27 heavy (non-hydrogen) atoms. The summed E-state index contributed by atoms with van der Waals surface area (Å²) >= 11 is 0. The van der Waals surface area contributed by atoms with Crippen LogP contribution in [0, 0.1) is 11.6 Å². The molecule has 0 aliphatic heterocycles. The van der Waals surface area contributed by atoms with Gasteiger partial charge in [0.2, 0.25) is 11.7 Å². The molecule has 0 spiro atoms. The van der Waals surface area contributed by atoms with Crippen LogP contribution in [0.4, 0.5) is 8.78 Å². The average molecular weight is 375 g/mol. The van der Waals surface area contributed by atoms with E-state index >= 15 is 0 Å². The zero-order chi connectivity index (χ0) is 19.0. The Hall–Kier alpha value is -2.74. The third-order valence-corrected chi connectivity index (χ3v) is 4.81. The number of fused-ring (bicyclic) bond motifs is 1. The standard InChI is InChI=1S/C19H19F2N3O3/c1-26-15-7-6-13(18(20)19(15)21)14-10-22-16-8-9-17(23-24(14)16)27-12-4-2-11(25)3-5-12/h6-12,25H,2-5H2,1H3/t11-,12-. The maximum absolute atomic E-state index is 14.5. The van der Waals surface area contributed by atoms with Crippen LogP contribution in [0.5, 0.6) is 11.6 Å². The van der Waals surface area contributed by atoms with E-state index in [1.807, 2.05) is 0 Å². The Kier molecular flexibility index (Phi) is 4.65. The Morgan fingerprint density at radius 1 is 1.07 bits per heavy atom. The molecule has 2 heterocycles. The highest BCUT2D eigenvalue weighted by Gasteiger charge is 2.22. The molecular weight excluding hydrogens is 356 g/mol. The lowest BCUT2D eigenvalue weighted by Gasteiger charge is -2.25. The van der Waals surface area contributed by atoms with Crippen molar-refractivity contribution < 1.29 is 23.4 Å². The smallest absolute Gasteiger partial charge is 0.232 e. The highest BCUT2D eigenvalue weighted by molar-refractivity contribution is 5.65. The number of methoxy groups -OCH3 is 1. The van der Waals surface area contributed by atoms with Crippen LogP contribution in [0.15, 0.2) is 30.5 Å². The zero-order valence-electron chi connectivity index (χ0n) is 14.7. The number of hydrogen-bond acceptors (Lipinski definition) is 5. The van der Waals surface area contributed by atoms with E-state index in [-0.39, 0.29) is 23.5 Å². The summed E-state index contributed by atoms with van der Waals surface area (Å²) in [5.74, 6) is -1.87. The topological polar surface area (TPSA) is 68.9 Å². The van der Waals surface area contributed by atoms with Crippen LogP contribution in [0.25, 0.3) is 16.9 Å². The summed E-state index contributed by atoms with van der Waals surface area (Å²) in [7, 11) is 1.28. The quantitative estimate of drug-likeness (QED) is 0.757. The van der Waals surface area contributed by atoms with E-state index in [4.69, 9.17) is 9.47 Å². The molecule has 1 fully saturated rings. The SMILES string of the molecule is COc1ccc(-c2cnc3ccc(O[C@H]4CC[C@H](O)CC4)nn23)c(F)c1F. The molecule has 1 aliphatic rings. The molecule has 6 nitrogen and oxygen atoms in total. The van der Waals surface area contributed by atoms with Gasteiger partial charge in [-0.3, -0.25) is 0 Å². The molecule has 8 heteroatoms. The van der Waals surface area contributed by atoms with Crippen molar-refractivity contribution in [2.75, 3.05) is 7.11 Å². The van der Waals surface area contributed by atoms with Gasteiger partial charge in [-0.1, -0.05) is 0 Å². The Morgan fingerprint density at radius 2 is 1.85 bits per heavy atom. The number of imidazole rings is 1. The summed E-state index contributed by atoms with van der Waals surface area (Å²) in [5.41, 5.74) is 0.840. The van der Waals surface area contributed by atoms with Crippen molar-refractivity contribution >= 4 is 5.65 Å². The molecule has 0 amide bonds. The fourth-order valence-corrected chi connectivity index (χ4v) is 3.32. The van der Waals surface area contributed by atoms with Gasteiger partial charge < -0.3 is 14.6 Å². The first kappa shape index (κ1) is 17.7. The zero-order valence-corrected chi connectivity index (χ0v) is 14.7. The van der Waals surface area contributed by atoms with E-state index < -0.39 is 11.6 Å². The predicted octanol–water partition coefficient (Wildman–Crippen LogP) is 3.37. The Morgan fingerprint density at radius 3 is 2.59 bits per heavy atom. The van der Waals surface area contributed by atoms with E-state index in [9.17, 15) is 13.9 Å². The fraction of sp³-hybridized carbons (Fsp3) is 0.368. The number of aliphatic hydroxyl groups excluding tert-OH is 1. The number of halogens is 2. The highest BCUT2D eigenvalue weighted by Crippen LogP contribution is 2.30. The van der Waals surface area contributed by atoms with Crippen molar-refractivity contribution in [1.82, 2.24) is 14.6 Å². The normalized spacial score (nSPS) is 20.0.